The molecule has 2 unspecified atom stereocenters. The van der Waals surface area contributed by atoms with Crippen LogP contribution in [0, 0.1) is 20.8 Å². The zero-order valence-corrected chi connectivity index (χ0v) is 23.6. The number of aromatic amines is 1. The highest BCUT2D eigenvalue weighted by Gasteiger charge is 2.53. The van der Waals surface area contributed by atoms with Gasteiger partial charge in [-0.15, -0.1) is 0 Å². The van der Waals surface area contributed by atoms with Crippen molar-refractivity contribution in [1.29, 1.82) is 0 Å². The van der Waals surface area contributed by atoms with E-state index >= 15 is 0 Å². The monoisotopic (exact) mass is 554 g/mol. The summed E-state index contributed by atoms with van der Waals surface area (Å²) in [6.45, 7) is 6.02. The van der Waals surface area contributed by atoms with Gasteiger partial charge in [0.25, 0.3) is 11.8 Å². The van der Waals surface area contributed by atoms with Gasteiger partial charge in [-0.05, 0) is 78.9 Å². The van der Waals surface area contributed by atoms with Crippen molar-refractivity contribution in [1.82, 2.24) is 9.88 Å². The second kappa shape index (κ2) is 9.73. The number of para-hydroxylation sites is 2. The summed E-state index contributed by atoms with van der Waals surface area (Å²) in [7, 11) is 0. The molecule has 7 heteroatoms. The Balaban J connectivity index is 1.32. The van der Waals surface area contributed by atoms with Crippen LogP contribution in [0.3, 0.4) is 0 Å². The average molecular weight is 555 g/mol. The number of fused-ring (bicyclic) bond motifs is 4. The van der Waals surface area contributed by atoms with Crippen molar-refractivity contribution >= 4 is 40.1 Å². The molecule has 7 rings (SSSR count). The molecule has 7 nitrogen and oxygen atoms in total. The lowest BCUT2D eigenvalue weighted by atomic mass is 9.87. The predicted octanol–water partition coefficient (Wildman–Crippen LogP) is 6.83. The van der Waals surface area contributed by atoms with Gasteiger partial charge in [-0.25, -0.2) is 9.69 Å². The highest BCUT2D eigenvalue weighted by atomic mass is 16.2. The van der Waals surface area contributed by atoms with Gasteiger partial charge in [0.15, 0.2) is 0 Å². The standard InChI is InChI=1S/C35H30N4O3/c1-20-16-17-23(18-22(20)3)36-33(40)26-13-7-9-15-29(26)39-34(41)30-19-27-25-12-6-8-14-28(25)37-31(27)32(38(30)35(39)42)24-11-5-4-10-21(24)2/h4-18,30,32,37H,19H2,1-3H3,(H,36,40). The van der Waals surface area contributed by atoms with Crippen molar-refractivity contribution in [2.45, 2.75) is 39.3 Å². The normalized spacial score (nSPS) is 17.9. The average Bonchev–Trinajstić information content (AvgIpc) is 3.48. The van der Waals surface area contributed by atoms with E-state index < -0.39 is 18.1 Å². The molecule has 1 saturated heterocycles. The molecule has 5 aromatic rings. The van der Waals surface area contributed by atoms with Gasteiger partial charge in [-0.3, -0.25) is 14.5 Å². The lowest BCUT2D eigenvalue weighted by molar-refractivity contribution is -0.120. The zero-order chi connectivity index (χ0) is 29.1. The van der Waals surface area contributed by atoms with Gasteiger partial charge >= 0.3 is 6.03 Å². The zero-order valence-electron chi connectivity index (χ0n) is 23.6. The fourth-order valence-electron chi connectivity index (χ4n) is 6.39. The van der Waals surface area contributed by atoms with E-state index in [1.165, 1.54) is 4.90 Å². The molecular weight excluding hydrogens is 524 g/mol. The summed E-state index contributed by atoms with van der Waals surface area (Å²) in [6, 6.07) is 26.9. The highest BCUT2D eigenvalue weighted by molar-refractivity contribution is 6.24. The molecule has 2 atom stereocenters. The number of aromatic nitrogens is 1. The summed E-state index contributed by atoms with van der Waals surface area (Å²) in [6.07, 6.45) is 0.389. The Kier molecular flexibility index (Phi) is 5.97. The van der Waals surface area contributed by atoms with Crippen molar-refractivity contribution < 1.29 is 14.4 Å². The van der Waals surface area contributed by atoms with Crippen LogP contribution in [-0.2, 0) is 11.2 Å². The van der Waals surface area contributed by atoms with Crippen LogP contribution in [0.1, 0.15) is 49.9 Å². The molecule has 1 fully saturated rings. The number of urea groups is 1. The number of carbonyl (C=O) groups excluding carboxylic acids is 3. The number of imide groups is 1. The third-order valence-corrected chi connectivity index (χ3v) is 8.69. The largest absolute Gasteiger partial charge is 0.356 e. The van der Waals surface area contributed by atoms with Gasteiger partial charge in [0, 0.05) is 28.7 Å². The van der Waals surface area contributed by atoms with E-state index in [0.717, 1.165) is 44.4 Å². The van der Waals surface area contributed by atoms with Gasteiger partial charge in [0.1, 0.15) is 12.1 Å². The molecular formula is C35H30N4O3. The molecule has 0 radical (unpaired) electrons. The van der Waals surface area contributed by atoms with E-state index in [9.17, 15) is 14.4 Å². The predicted molar refractivity (Wildman–Crippen MR) is 164 cm³/mol. The van der Waals surface area contributed by atoms with Crippen molar-refractivity contribution in [3.05, 3.63) is 130 Å². The summed E-state index contributed by atoms with van der Waals surface area (Å²) in [5, 5.41) is 4.00. The maximum Gasteiger partial charge on any atom is 0.332 e. The Morgan fingerprint density at radius 2 is 1.57 bits per heavy atom. The van der Waals surface area contributed by atoms with Crippen LogP contribution in [0.15, 0.2) is 91.0 Å². The third kappa shape index (κ3) is 3.92. The minimum Gasteiger partial charge on any atom is -0.356 e. The maximum atomic E-state index is 14.4. The maximum absolute atomic E-state index is 14.4. The number of anilines is 2. The number of hydrogen-bond donors (Lipinski definition) is 2. The van der Waals surface area contributed by atoms with Crippen LogP contribution >= 0.6 is 0 Å². The molecule has 208 valence electrons. The van der Waals surface area contributed by atoms with Crippen molar-refractivity contribution in [2.75, 3.05) is 10.2 Å². The van der Waals surface area contributed by atoms with Gasteiger partial charge in [-0.2, -0.15) is 0 Å². The molecule has 3 heterocycles. The molecule has 0 aliphatic carbocycles. The van der Waals surface area contributed by atoms with Crippen LogP contribution in [0.5, 0.6) is 0 Å². The molecule has 2 N–H and O–H groups in total. The molecule has 4 amide bonds. The Labute approximate surface area is 243 Å². The lowest BCUT2D eigenvalue weighted by Crippen LogP contribution is -2.44. The molecule has 2 aliphatic rings. The number of aryl methyl sites for hydroxylation is 3. The Bertz CT molecular complexity index is 1920. The number of nitrogens with zero attached hydrogens (tertiary/aromatic N) is 2. The van der Waals surface area contributed by atoms with Crippen molar-refractivity contribution in [3.8, 4) is 0 Å². The first-order chi connectivity index (χ1) is 20.3. The van der Waals surface area contributed by atoms with Crippen LogP contribution in [0.4, 0.5) is 16.2 Å². The molecule has 0 spiro atoms. The van der Waals surface area contributed by atoms with Gasteiger partial charge in [-0.1, -0.05) is 60.7 Å². The Morgan fingerprint density at radius 3 is 2.38 bits per heavy atom. The third-order valence-electron chi connectivity index (χ3n) is 8.69. The minimum atomic E-state index is -0.704. The summed E-state index contributed by atoms with van der Waals surface area (Å²) in [5.74, 6) is -0.716. The second-order valence-electron chi connectivity index (χ2n) is 11.2. The number of rotatable bonds is 4. The smallest absolute Gasteiger partial charge is 0.332 e. The fraction of sp³-hybridized carbons (Fsp3) is 0.171. The van der Waals surface area contributed by atoms with Gasteiger partial charge in [0.05, 0.1) is 11.3 Å². The second-order valence-corrected chi connectivity index (χ2v) is 11.2. The van der Waals surface area contributed by atoms with E-state index in [2.05, 4.69) is 16.4 Å². The molecule has 2 aliphatic heterocycles. The fourth-order valence-corrected chi connectivity index (χ4v) is 6.39. The number of H-pyrrole nitrogens is 1. The molecule has 4 aromatic carbocycles. The number of carbonyl (C=O) groups is 3. The van der Waals surface area contributed by atoms with Crippen LogP contribution in [0.25, 0.3) is 10.9 Å². The van der Waals surface area contributed by atoms with Gasteiger partial charge < -0.3 is 10.3 Å². The molecule has 0 saturated carbocycles. The first-order valence-corrected chi connectivity index (χ1v) is 14.1. The van der Waals surface area contributed by atoms with Crippen LogP contribution in [0.2, 0.25) is 0 Å². The quantitative estimate of drug-likeness (QED) is 0.239. The van der Waals surface area contributed by atoms with Crippen LogP contribution < -0.4 is 10.2 Å². The number of benzene rings is 4. The highest BCUT2D eigenvalue weighted by Crippen LogP contribution is 2.45. The first-order valence-electron chi connectivity index (χ1n) is 14.1. The Hall–Kier alpha value is -5.17. The number of hydrogen-bond acceptors (Lipinski definition) is 3. The van der Waals surface area contributed by atoms with Crippen molar-refractivity contribution in [2.24, 2.45) is 0 Å². The lowest BCUT2D eigenvalue weighted by Gasteiger charge is -2.36. The van der Waals surface area contributed by atoms with Gasteiger partial charge in [0.2, 0.25) is 0 Å². The number of nitrogens with one attached hydrogen (secondary N) is 2. The summed E-state index contributed by atoms with van der Waals surface area (Å²) in [5.41, 5.74) is 8.30. The van der Waals surface area contributed by atoms with E-state index in [1.54, 1.807) is 29.2 Å². The van der Waals surface area contributed by atoms with Crippen molar-refractivity contribution in [3.63, 3.8) is 0 Å². The van der Waals surface area contributed by atoms with E-state index in [0.29, 0.717) is 12.1 Å². The topological polar surface area (TPSA) is 85.5 Å². The number of amides is 4. The van der Waals surface area contributed by atoms with Crippen LogP contribution in [-0.4, -0.2) is 33.8 Å². The summed E-state index contributed by atoms with van der Waals surface area (Å²) >= 11 is 0. The minimum absolute atomic E-state index is 0.258. The molecule has 42 heavy (non-hydrogen) atoms. The summed E-state index contributed by atoms with van der Waals surface area (Å²) < 4.78 is 0. The SMILES string of the molecule is Cc1ccc(NC(=O)c2ccccc2N2C(=O)C3Cc4c([nH]c5ccccc45)C(c4ccccc4C)N3C2=O)cc1C. The summed E-state index contributed by atoms with van der Waals surface area (Å²) in [4.78, 5) is 48.6. The molecule has 0 bridgehead atoms. The first kappa shape index (κ1) is 25.8. The molecule has 1 aromatic heterocycles. The van der Waals surface area contributed by atoms with E-state index in [-0.39, 0.29) is 23.1 Å². The van der Waals surface area contributed by atoms with E-state index in [4.69, 9.17) is 0 Å². The van der Waals surface area contributed by atoms with E-state index in [1.807, 2.05) is 81.4 Å². The Morgan fingerprint density at radius 1 is 0.833 bits per heavy atom.